The zero-order valence-corrected chi connectivity index (χ0v) is 15.2. The van der Waals surface area contributed by atoms with Crippen LogP contribution in [0.15, 0.2) is 36.5 Å². The van der Waals surface area contributed by atoms with E-state index in [9.17, 15) is 9.59 Å². The third-order valence-corrected chi connectivity index (χ3v) is 3.77. The number of nitrogens with one attached hydrogen (secondary N) is 2. The highest BCUT2D eigenvalue weighted by atomic mass is 35.5. The van der Waals surface area contributed by atoms with Crippen molar-refractivity contribution in [1.82, 2.24) is 15.2 Å². The van der Waals surface area contributed by atoms with Gasteiger partial charge < -0.3 is 15.5 Å². The van der Waals surface area contributed by atoms with E-state index in [0.29, 0.717) is 22.8 Å². The van der Waals surface area contributed by atoms with E-state index in [1.807, 2.05) is 25.9 Å². The van der Waals surface area contributed by atoms with Gasteiger partial charge in [0.25, 0.3) is 11.8 Å². The van der Waals surface area contributed by atoms with Crippen molar-refractivity contribution in [3.63, 3.8) is 0 Å². The van der Waals surface area contributed by atoms with E-state index in [-0.39, 0.29) is 17.5 Å². The summed E-state index contributed by atoms with van der Waals surface area (Å²) < 4.78 is 0. The van der Waals surface area contributed by atoms with Crippen LogP contribution in [0.25, 0.3) is 0 Å². The standard InChI is InChI=1S/C18H21ClN4O2/c1-12-10-14(19)4-5-15(12)22-18(25)16-11-13(6-7-20-16)17(24)21-8-9-23(2)3/h4-7,10-11H,8-9H2,1-3H3,(H,21,24)(H,22,25). The van der Waals surface area contributed by atoms with Gasteiger partial charge in [-0.05, 0) is 56.9 Å². The van der Waals surface area contributed by atoms with E-state index in [1.54, 1.807) is 24.3 Å². The summed E-state index contributed by atoms with van der Waals surface area (Å²) in [7, 11) is 3.86. The lowest BCUT2D eigenvalue weighted by molar-refractivity contribution is 0.0951. The highest BCUT2D eigenvalue weighted by Gasteiger charge is 2.13. The van der Waals surface area contributed by atoms with Crippen molar-refractivity contribution >= 4 is 29.1 Å². The molecule has 0 aliphatic carbocycles. The molecule has 1 aromatic heterocycles. The van der Waals surface area contributed by atoms with E-state index in [0.717, 1.165) is 12.1 Å². The Kier molecular flexibility index (Phi) is 6.50. The van der Waals surface area contributed by atoms with E-state index in [1.165, 1.54) is 12.3 Å². The zero-order chi connectivity index (χ0) is 18.4. The van der Waals surface area contributed by atoms with Gasteiger partial charge in [0.15, 0.2) is 0 Å². The molecule has 2 rings (SSSR count). The second-order valence-electron chi connectivity index (χ2n) is 5.90. The summed E-state index contributed by atoms with van der Waals surface area (Å²) in [4.78, 5) is 30.6. The molecule has 1 heterocycles. The van der Waals surface area contributed by atoms with Gasteiger partial charge in [0.05, 0.1) is 0 Å². The van der Waals surface area contributed by atoms with Gasteiger partial charge in [0.1, 0.15) is 5.69 Å². The molecular formula is C18H21ClN4O2. The number of anilines is 1. The molecule has 2 amide bonds. The molecule has 0 unspecified atom stereocenters. The van der Waals surface area contributed by atoms with Crippen molar-refractivity contribution in [2.75, 3.05) is 32.5 Å². The van der Waals surface area contributed by atoms with Gasteiger partial charge in [-0.3, -0.25) is 14.6 Å². The van der Waals surface area contributed by atoms with Crippen molar-refractivity contribution < 1.29 is 9.59 Å². The van der Waals surface area contributed by atoms with Crippen molar-refractivity contribution in [2.24, 2.45) is 0 Å². The molecule has 0 aliphatic rings. The van der Waals surface area contributed by atoms with Crippen LogP contribution in [-0.2, 0) is 0 Å². The largest absolute Gasteiger partial charge is 0.351 e. The predicted octanol–water partition coefficient (Wildman–Crippen LogP) is 2.59. The van der Waals surface area contributed by atoms with Crippen molar-refractivity contribution in [3.8, 4) is 0 Å². The summed E-state index contributed by atoms with van der Waals surface area (Å²) in [6.45, 7) is 3.11. The Hall–Kier alpha value is -2.44. The van der Waals surface area contributed by atoms with Crippen LogP contribution >= 0.6 is 11.6 Å². The molecule has 7 heteroatoms. The number of halogens is 1. The van der Waals surface area contributed by atoms with Gasteiger partial charge in [0.2, 0.25) is 0 Å². The van der Waals surface area contributed by atoms with Crippen LogP contribution in [0.4, 0.5) is 5.69 Å². The molecule has 0 saturated heterocycles. The van der Waals surface area contributed by atoms with E-state index in [2.05, 4.69) is 15.6 Å². The number of aromatic nitrogens is 1. The molecule has 0 bridgehead atoms. The number of likely N-dealkylation sites (N-methyl/N-ethyl adjacent to an activating group) is 1. The maximum Gasteiger partial charge on any atom is 0.274 e. The smallest absolute Gasteiger partial charge is 0.274 e. The topological polar surface area (TPSA) is 74.3 Å². The highest BCUT2D eigenvalue weighted by Crippen LogP contribution is 2.20. The van der Waals surface area contributed by atoms with Gasteiger partial charge in [-0.25, -0.2) is 0 Å². The molecule has 1 aromatic carbocycles. The minimum Gasteiger partial charge on any atom is -0.351 e. The summed E-state index contributed by atoms with van der Waals surface area (Å²) in [5.41, 5.74) is 2.07. The number of pyridine rings is 1. The fourth-order valence-electron chi connectivity index (χ4n) is 2.14. The number of carbonyl (C=O) groups is 2. The SMILES string of the molecule is Cc1cc(Cl)ccc1NC(=O)c1cc(C(=O)NCCN(C)C)ccn1. The molecular weight excluding hydrogens is 340 g/mol. The second kappa shape index (κ2) is 8.60. The zero-order valence-electron chi connectivity index (χ0n) is 14.5. The quantitative estimate of drug-likeness (QED) is 0.830. The molecule has 0 saturated carbocycles. The number of rotatable bonds is 6. The van der Waals surface area contributed by atoms with Gasteiger partial charge in [-0.2, -0.15) is 0 Å². The Morgan fingerprint density at radius 1 is 1.16 bits per heavy atom. The first-order chi connectivity index (χ1) is 11.9. The van der Waals surface area contributed by atoms with Gasteiger partial charge in [-0.15, -0.1) is 0 Å². The van der Waals surface area contributed by atoms with Crippen molar-refractivity contribution in [1.29, 1.82) is 0 Å². The number of amides is 2. The molecule has 0 spiro atoms. The Balaban J connectivity index is 2.06. The minimum atomic E-state index is -0.381. The Labute approximate surface area is 152 Å². The van der Waals surface area contributed by atoms with Crippen LogP contribution in [0.5, 0.6) is 0 Å². The summed E-state index contributed by atoms with van der Waals surface area (Å²) in [6.07, 6.45) is 1.45. The molecule has 0 radical (unpaired) electrons. The molecule has 6 nitrogen and oxygen atoms in total. The van der Waals surface area contributed by atoms with Crippen molar-refractivity contribution in [3.05, 3.63) is 58.4 Å². The van der Waals surface area contributed by atoms with Crippen LogP contribution in [0.2, 0.25) is 5.02 Å². The molecule has 2 aromatic rings. The molecule has 0 atom stereocenters. The maximum atomic E-state index is 12.4. The van der Waals surface area contributed by atoms with Crippen molar-refractivity contribution in [2.45, 2.75) is 6.92 Å². The normalized spacial score (nSPS) is 10.6. The second-order valence-corrected chi connectivity index (χ2v) is 6.34. The van der Waals surface area contributed by atoms with Gasteiger partial charge in [-0.1, -0.05) is 11.6 Å². The molecule has 132 valence electrons. The lowest BCUT2D eigenvalue weighted by atomic mass is 10.1. The average Bonchev–Trinajstić information content (AvgIpc) is 2.57. The Bertz CT molecular complexity index is 777. The van der Waals surface area contributed by atoms with Crippen LogP contribution in [0.1, 0.15) is 26.4 Å². The van der Waals surface area contributed by atoms with Gasteiger partial charge in [0, 0.05) is 35.6 Å². The first-order valence-electron chi connectivity index (χ1n) is 7.83. The molecule has 2 N–H and O–H groups in total. The van der Waals surface area contributed by atoms with E-state index in [4.69, 9.17) is 11.6 Å². The number of hydrogen-bond donors (Lipinski definition) is 2. The third kappa shape index (κ3) is 5.55. The maximum absolute atomic E-state index is 12.4. The third-order valence-electron chi connectivity index (χ3n) is 3.54. The first kappa shape index (κ1) is 18.9. The Morgan fingerprint density at radius 2 is 1.92 bits per heavy atom. The number of carbonyl (C=O) groups excluding carboxylic acids is 2. The monoisotopic (exact) mass is 360 g/mol. The number of aryl methyl sites for hydroxylation is 1. The summed E-state index contributed by atoms with van der Waals surface area (Å²) in [6, 6.07) is 8.25. The lowest BCUT2D eigenvalue weighted by Crippen LogP contribution is -2.31. The van der Waals surface area contributed by atoms with Crippen LogP contribution in [0.3, 0.4) is 0 Å². The predicted molar refractivity (Wildman–Crippen MR) is 99.3 cm³/mol. The molecule has 0 fully saturated rings. The Morgan fingerprint density at radius 3 is 2.60 bits per heavy atom. The molecule has 25 heavy (non-hydrogen) atoms. The summed E-state index contributed by atoms with van der Waals surface area (Å²) in [5.74, 6) is -0.616. The molecule has 0 aliphatic heterocycles. The van der Waals surface area contributed by atoms with Crippen LogP contribution in [0, 0.1) is 6.92 Å². The highest BCUT2D eigenvalue weighted by molar-refractivity contribution is 6.30. The van der Waals surface area contributed by atoms with Gasteiger partial charge >= 0.3 is 0 Å². The summed E-state index contributed by atoms with van der Waals surface area (Å²) in [5, 5.41) is 6.19. The fraction of sp³-hybridized carbons (Fsp3) is 0.278. The fourth-order valence-corrected chi connectivity index (χ4v) is 2.37. The summed E-state index contributed by atoms with van der Waals surface area (Å²) >= 11 is 5.91. The van der Waals surface area contributed by atoms with E-state index < -0.39 is 0 Å². The van der Waals surface area contributed by atoms with E-state index >= 15 is 0 Å². The van der Waals surface area contributed by atoms with Crippen LogP contribution in [-0.4, -0.2) is 48.9 Å². The number of hydrogen-bond acceptors (Lipinski definition) is 4. The number of nitrogens with zero attached hydrogens (tertiary/aromatic N) is 2. The number of benzene rings is 1. The first-order valence-corrected chi connectivity index (χ1v) is 8.21. The lowest BCUT2D eigenvalue weighted by Gasteiger charge is -2.11. The minimum absolute atomic E-state index is 0.176. The average molecular weight is 361 g/mol. The van der Waals surface area contributed by atoms with Crippen LogP contribution < -0.4 is 10.6 Å².